The van der Waals surface area contributed by atoms with Crippen LogP contribution in [0.3, 0.4) is 0 Å². The number of hydrogen-bond acceptors (Lipinski definition) is 3. The Morgan fingerprint density at radius 2 is 1.82 bits per heavy atom. The number of hydrogen-bond donors (Lipinski definition) is 3. The van der Waals surface area contributed by atoms with Gasteiger partial charge in [-0.25, -0.2) is 0 Å². The molecule has 0 unspecified atom stereocenters. The van der Waals surface area contributed by atoms with Crippen molar-refractivity contribution in [2.75, 3.05) is 6.54 Å². The van der Waals surface area contributed by atoms with Gasteiger partial charge in [0.1, 0.15) is 0 Å². The second-order valence-electron chi connectivity index (χ2n) is 5.58. The van der Waals surface area contributed by atoms with Crippen LogP contribution in [0.5, 0.6) is 0 Å². The highest BCUT2D eigenvalue weighted by atomic mass is 16.3. The lowest BCUT2D eigenvalue weighted by atomic mass is 9.95. The molecule has 2 atom stereocenters. The molecule has 2 aromatic rings. The Hall–Kier alpha value is -2.17. The molecule has 0 saturated carbocycles. The molecule has 2 aromatic carbocycles. The standard InChI is InChI=1S/C18H20N2O2/c21-17(13-6-2-1-3-7-13)12-20-18(22)16-10-14-8-4-5-9-15(14)11-19-16/h1-9,16-17,19,21H,10-12H2,(H,20,22)/t16-,17-/m0/s1. The highest BCUT2D eigenvalue weighted by molar-refractivity contribution is 5.82. The van der Waals surface area contributed by atoms with E-state index in [1.807, 2.05) is 42.5 Å². The van der Waals surface area contributed by atoms with Crippen LogP contribution < -0.4 is 10.6 Å². The molecule has 1 heterocycles. The van der Waals surface area contributed by atoms with Gasteiger partial charge in [0.2, 0.25) is 5.91 Å². The van der Waals surface area contributed by atoms with Gasteiger partial charge in [0.15, 0.2) is 0 Å². The summed E-state index contributed by atoms with van der Waals surface area (Å²) < 4.78 is 0. The molecule has 3 N–H and O–H groups in total. The van der Waals surface area contributed by atoms with Gasteiger partial charge in [-0.2, -0.15) is 0 Å². The SMILES string of the molecule is O=C(NC[C@H](O)c1ccccc1)[C@@H]1Cc2ccccc2CN1. The van der Waals surface area contributed by atoms with Crippen LogP contribution in [-0.2, 0) is 17.8 Å². The van der Waals surface area contributed by atoms with Gasteiger partial charge in [0, 0.05) is 13.1 Å². The van der Waals surface area contributed by atoms with E-state index >= 15 is 0 Å². The monoisotopic (exact) mass is 296 g/mol. The summed E-state index contributed by atoms with van der Waals surface area (Å²) >= 11 is 0. The smallest absolute Gasteiger partial charge is 0.237 e. The maximum atomic E-state index is 12.3. The summed E-state index contributed by atoms with van der Waals surface area (Å²) in [5.41, 5.74) is 3.27. The topological polar surface area (TPSA) is 61.4 Å². The minimum absolute atomic E-state index is 0.0653. The zero-order chi connectivity index (χ0) is 15.4. The van der Waals surface area contributed by atoms with Crippen LogP contribution in [-0.4, -0.2) is 23.6 Å². The maximum Gasteiger partial charge on any atom is 0.237 e. The van der Waals surface area contributed by atoms with E-state index in [0.29, 0.717) is 13.0 Å². The first kappa shape index (κ1) is 14.8. The van der Waals surface area contributed by atoms with E-state index < -0.39 is 6.10 Å². The minimum Gasteiger partial charge on any atom is -0.387 e. The van der Waals surface area contributed by atoms with Crippen LogP contribution in [0.1, 0.15) is 22.8 Å². The number of aliphatic hydroxyl groups excluding tert-OH is 1. The Kier molecular flexibility index (Phi) is 4.51. The van der Waals surface area contributed by atoms with Crippen molar-refractivity contribution in [2.45, 2.75) is 25.1 Å². The van der Waals surface area contributed by atoms with Crippen molar-refractivity contribution in [1.82, 2.24) is 10.6 Å². The first-order valence-electron chi connectivity index (χ1n) is 7.55. The average molecular weight is 296 g/mol. The maximum absolute atomic E-state index is 12.3. The van der Waals surface area contributed by atoms with Crippen LogP contribution in [0, 0.1) is 0 Å². The normalized spacial score (nSPS) is 18.3. The highest BCUT2D eigenvalue weighted by Crippen LogP contribution is 2.16. The van der Waals surface area contributed by atoms with Crippen molar-refractivity contribution >= 4 is 5.91 Å². The molecule has 0 saturated heterocycles. The summed E-state index contributed by atoms with van der Waals surface area (Å²) in [7, 11) is 0. The van der Waals surface area contributed by atoms with E-state index in [4.69, 9.17) is 0 Å². The fraction of sp³-hybridized carbons (Fsp3) is 0.278. The first-order chi connectivity index (χ1) is 10.7. The zero-order valence-corrected chi connectivity index (χ0v) is 12.3. The minimum atomic E-state index is -0.680. The molecular formula is C18H20N2O2. The summed E-state index contributed by atoms with van der Waals surface area (Å²) in [4.78, 5) is 12.3. The predicted molar refractivity (Wildman–Crippen MR) is 85.2 cm³/mol. The largest absolute Gasteiger partial charge is 0.387 e. The van der Waals surface area contributed by atoms with Crippen LogP contribution in [0.25, 0.3) is 0 Å². The number of benzene rings is 2. The van der Waals surface area contributed by atoms with E-state index in [1.165, 1.54) is 11.1 Å². The van der Waals surface area contributed by atoms with Crippen molar-refractivity contribution in [2.24, 2.45) is 0 Å². The zero-order valence-electron chi connectivity index (χ0n) is 12.3. The van der Waals surface area contributed by atoms with Gasteiger partial charge >= 0.3 is 0 Å². The molecule has 0 bridgehead atoms. The van der Waals surface area contributed by atoms with Gasteiger partial charge in [-0.3, -0.25) is 4.79 Å². The molecule has 0 fully saturated rings. The number of fused-ring (bicyclic) bond motifs is 1. The van der Waals surface area contributed by atoms with Crippen molar-refractivity contribution in [3.63, 3.8) is 0 Å². The molecule has 0 aliphatic carbocycles. The quantitative estimate of drug-likeness (QED) is 0.802. The lowest BCUT2D eigenvalue weighted by Crippen LogP contribution is -2.48. The third-order valence-corrected chi connectivity index (χ3v) is 4.05. The third kappa shape index (κ3) is 3.35. The predicted octanol–water partition coefficient (Wildman–Crippen LogP) is 1.55. The van der Waals surface area contributed by atoms with E-state index in [9.17, 15) is 9.90 Å². The average Bonchev–Trinajstić information content (AvgIpc) is 2.59. The fourth-order valence-corrected chi connectivity index (χ4v) is 2.75. The van der Waals surface area contributed by atoms with Crippen molar-refractivity contribution in [3.8, 4) is 0 Å². The molecule has 3 rings (SSSR count). The molecule has 1 aliphatic heterocycles. The molecular weight excluding hydrogens is 276 g/mol. The number of amides is 1. The molecule has 1 aliphatic rings. The van der Waals surface area contributed by atoms with E-state index in [1.54, 1.807) is 0 Å². The van der Waals surface area contributed by atoms with Gasteiger partial charge in [-0.1, -0.05) is 54.6 Å². The van der Waals surface area contributed by atoms with E-state index in [0.717, 1.165) is 5.56 Å². The molecule has 0 spiro atoms. The fourth-order valence-electron chi connectivity index (χ4n) is 2.75. The number of carbonyl (C=O) groups excluding carboxylic acids is 1. The molecule has 4 nitrogen and oxygen atoms in total. The second kappa shape index (κ2) is 6.73. The van der Waals surface area contributed by atoms with Gasteiger partial charge in [-0.15, -0.1) is 0 Å². The van der Waals surface area contributed by atoms with Gasteiger partial charge in [0.05, 0.1) is 12.1 Å². The van der Waals surface area contributed by atoms with Gasteiger partial charge in [0.25, 0.3) is 0 Å². The molecule has 1 amide bonds. The lowest BCUT2D eigenvalue weighted by molar-refractivity contribution is -0.123. The van der Waals surface area contributed by atoms with Gasteiger partial charge < -0.3 is 15.7 Å². The van der Waals surface area contributed by atoms with Crippen molar-refractivity contribution in [1.29, 1.82) is 0 Å². The second-order valence-corrected chi connectivity index (χ2v) is 5.58. The summed E-state index contributed by atoms with van der Waals surface area (Å²) in [5, 5.41) is 16.2. The van der Waals surface area contributed by atoms with E-state index in [-0.39, 0.29) is 18.5 Å². The van der Waals surface area contributed by atoms with E-state index in [2.05, 4.69) is 22.8 Å². The first-order valence-corrected chi connectivity index (χ1v) is 7.55. The molecule has 0 radical (unpaired) electrons. The summed E-state index contributed by atoms with van der Waals surface area (Å²) in [6, 6.07) is 17.3. The summed E-state index contributed by atoms with van der Waals surface area (Å²) in [5.74, 6) is -0.0653. The van der Waals surface area contributed by atoms with Crippen molar-refractivity contribution < 1.29 is 9.90 Å². The summed E-state index contributed by atoms with van der Waals surface area (Å²) in [6.45, 7) is 0.929. The van der Waals surface area contributed by atoms with Crippen LogP contribution in [0.15, 0.2) is 54.6 Å². The van der Waals surface area contributed by atoms with Crippen molar-refractivity contribution in [3.05, 3.63) is 71.3 Å². The molecule has 22 heavy (non-hydrogen) atoms. The highest BCUT2D eigenvalue weighted by Gasteiger charge is 2.24. The number of rotatable bonds is 4. The number of carbonyl (C=O) groups is 1. The Morgan fingerprint density at radius 1 is 1.14 bits per heavy atom. The lowest BCUT2D eigenvalue weighted by Gasteiger charge is -2.25. The molecule has 4 heteroatoms. The number of nitrogens with one attached hydrogen (secondary N) is 2. The number of aliphatic hydroxyl groups is 1. The Labute approximate surface area is 130 Å². The summed E-state index contributed by atoms with van der Waals surface area (Å²) in [6.07, 6.45) is 0.00436. The van der Waals surface area contributed by atoms with Crippen LogP contribution >= 0.6 is 0 Å². The van der Waals surface area contributed by atoms with Gasteiger partial charge in [-0.05, 0) is 23.1 Å². The Morgan fingerprint density at radius 3 is 2.59 bits per heavy atom. The Balaban J connectivity index is 1.55. The van der Waals surface area contributed by atoms with Crippen LogP contribution in [0.4, 0.5) is 0 Å². The third-order valence-electron chi connectivity index (χ3n) is 4.05. The Bertz CT molecular complexity index is 643. The van der Waals surface area contributed by atoms with Crippen LogP contribution in [0.2, 0.25) is 0 Å². The molecule has 114 valence electrons. The molecule has 0 aromatic heterocycles.